The van der Waals surface area contributed by atoms with Gasteiger partial charge in [0.15, 0.2) is 0 Å². The third-order valence-corrected chi connectivity index (χ3v) is 3.41. The molecule has 1 saturated heterocycles. The quantitative estimate of drug-likeness (QED) is 0.807. The molecule has 3 N–H and O–H groups in total. The molecule has 1 heterocycles. The lowest BCUT2D eigenvalue weighted by atomic mass is 10.2. The summed E-state index contributed by atoms with van der Waals surface area (Å²) in [4.78, 5) is 14.1. The molecule has 17 heavy (non-hydrogen) atoms. The summed E-state index contributed by atoms with van der Waals surface area (Å²) in [6, 6.07) is 0.808. The predicted molar refractivity (Wildman–Crippen MR) is 73.9 cm³/mol. The van der Waals surface area contributed by atoms with Gasteiger partial charge in [0.05, 0.1) is 6.04 Å². The number of amides is 1. The molecule has 0 aromatic rings. The highest BCUT2D eigenvalue weighted by Crippen LogP contribution is 2.29. The van der Waals surface area contributed by atoms with Crippen LogP contribution in [0.25, 0.3) is 0 Å². The van der Waals surface area contributed by atoms with E-state index in [2.05, 4.69) is 10.2 Å². The summed E-state index contributed by atoms with van der Waals surface area (Å²) in [6.07, 6.45) is 4.48. The number of carbonyl (C=O) groups is 1. The Bertz CT molecular complexity index is 249. The molecule has 4 nitrogen and oxygen atoms in total. The van der Waals surface area contributed by atoms with Gasteiger partial charge in [0.2, 0.25) is 5.91 Å². The van der Waals surface area contributed by atoms with Gasteiger partial charge in [0.1, 0.15) is 0 Å². The Hall–Kier alpha value is -0.0300. The van der Waals surface area contributed by atoms with Crippen molar-refractivity contribution in [3.63, 3.8) is 0 Å². The SMILES string of the molecule is CC[C@H](N)C(=O)NC1CCN(C2CC2)C1.Cl.Cl. The highest BCUT2D eigenvalue weighted by molar-refractivity contribution is 5.85. The molecule has 0 aromatic heterocycles. The third kappa shape index (κ3) is 4.62. The molecule has 0 bridgehead atoms. The van der Waals surface area contributed by atoms with E-state index in [0.717, 1.165) is 25.6 Å². The number of likely N-dealkylation sites (tertiary alicyclic amines) is 1. The largest absolute Gasteiger partial charge is 0.351 e. The molecule has 1 aliphatic carbocycles. The van der Waals surface area contributed by atoms with Gasteiger partial charge in [-0.1, -0.05) is 6.92 Å². The van der Waals surface area contributed by atoms with Crippen LogP contribution in [0, 0.1) is 0 Å². The Morgan fingerprint density at radius 2 is 2.06 bits per heavy atom. The Balaban J connectivity index is 0.00000128. The molecule has 2 aliphatic rings. The van der Waals surface area contributed by atoms with Crippen molar-refractivity contribution in [2.24, 2.45) is 5.73 Å². The van der Waals surface area contributed by atoms with Crippen molar-refractivity contribution < 1.29 is 4.79 Å². The van der Waals surface area contributed by atoms with Crippen molar-refractivity contribution in [1.29, 1.82) is 0 Å². The highest BCUT2D eigenvalue weighted by Gasteiger charge is 2.34. The first-order chi connectivity index (χ1) is 7.20. The van der Waals surface area contributed by atoms with E-state index in [1.165, 1.54) is 12.8 Å². The van der Waals surface area contributed by atoms with Gasteiger partial charge in [-0.3, -0.25) is 9.69 Å². The zero-order valence-corrected chi connectivity index (χ0v) is 11.9. The second-order valence-electron chi connectivity index (χ2n) is 4.74. The molecule has 6 heteroatoms. The average molecular weight is 284 g/mol. The van der Waals surface area contributed by atoms with Crippen molar-refractivity contribution >= 4 is 30.7 Å². The fraction of sp³-hybridized carbons (Fsp3) is 0.909. The maximum absolute atomic E-state index is 11.6. The fourth-order valence-corrected chi connectivity index (χ4v) is 2.17. The standard InChI is InChI=1S/C11H21N3O.2ClH/c1-2-10(12)11(15)13-8-5-6-14(7-8)9-3-4-9;;/h8-10H,2-7,12H2,1H3,(H,13,15);2*1H/t8?,10-;;/m0../s1. The molecule has 1 aliphatic heterocycles. The number of hydrogen-bond acceptors (Lipinski definition) is 3. The minimum absolute atomic E-state index is 0. The number of carbonyl (C=O) groups excluding carboxylic acids is 1. The van der Waals surface area contributed by atoms with Gasteiger partial charge in [-0.2, -0.15) is 0 Å². The molecule has 0 radical (unpaired) electrons. The van der Waals surface area contributed by atoms with Gasteiger partial charge in [0.25, 0.3) is 0 Å². The van der Waals surface area contributed by atoms with E-state index in [1.807, 2.05) is 6.92 Å². The van der Waals surface area contributed by atoms with E-state index in [9.17, 15) is 4.79 Å². The summed E-state index contributed by atoms with van der Waals surface area (Å²) in [5.41, 5.74) is 5.68. The second kappa shape index (κ2) is 7.41. The zero-order chi connectivity index (χ0) is 10.8. The van der Waals surface area contributed by atoms with Crippen molar-refractivity contribution in [2.75, 3.05) is 13.1 Å². The molecular formula is C11H23Cl2N3O. The lowest BCUT2D eigenvalue weighted by Crippen LogP contribution is -2.46. The van der Waals surface area contributed by atoms with Gasteiger partial charge in [-0.05, 0) is 25.7 Å². The average Bonchev–Trinajstić information content (AvgIpc) is 2.99. The van der Waals surface area contributed by atoms with E-state index >= 15 is 0 Å². The first kappa shape index (κ1) is 17.0. The monoisotopic (exact) mass is 283 g/mol. The van der Waals surface area contributed by atoms with Crippen LogP contribution in [-0.4, -0.2) is 42.0 Å². The lowest BCUT2D eigenvalue weighted by Gasteiger charge is -2.17. The second-order valence-corrected chi connectivity index (χ2v) is 4.74. The normalized spacial score (nSPS) is 25.6. The molecule has 1 amide bonds. The molecule has 0 spiro atoms. The summed E-state index contributed by atoms with van der Waals surface area (Å²) in [6.45, 7) is 4.10. The zero-order valence-electron chi connectivity index (χ0n) is 10.2. The molecule has 102 valence electrons. The Morgan fingerprint density at radius 1 is 1.41 bits per heavy atom. The van der Waals surface area contributed by atoms with Crippen LogP contribution >= 0.6 is 24.8 Å². The van der Waals surface area contributed by atoms with Gasteiger partial charge >= 0.3 is 0 Å². The molecule has 1 unspecified atom stereocenters. The van der Waals surface area contributed by atoms with E-state index < -0.39 is 0 Å². The van der Waals surface area contributed by atoms with E-state index in [0.29, 0.717) is 12.5 Å². The van der Waals surface area contributed by atoms with Crippen LogP contribution in [0.4, 0.5) is 0 Å². The van der Waals surface area contributed by atoms with Crippen LogP contribution in [0.3, 0.4) is 0 Å². The molecule has 2 fully saturated rings. The molecule has 1 saturated carbocycles. The number of rotatable bonds is 4. The first-order valence-electron chi connectivity index (χ1n) is 6.00. The van der Waals surface area contributed by atoms with Crippen LogP contribution in [0.5, 0.6) is 0 Å². The summed E-state index contributed by atoms with van der Waals surface area (Å²) < 4.78 is 0. The van der Waals surface area contributed by atoms with Crippen molar-refractivity contribution in [1.82, 2.24) is 10.2 Å². The molecular weight excluding hydrogens is 261 g/mol. The maximum Gasteiger partial charge on any atom is 0.237 e. The van der Waals surface area contributed by atoms with Gasteiger partial charge in [-0.15, -0.1) is 24.8 Å². The number of halogens is 2. The van der Waals surface area contributed by atoms with Crippen LogP contribution in [0.1, 0.15) is 32.6 Å². The third-order valence-electron chi connectivity index (χ3n) is 3.41. The van der Waals surface area contributed by atoms with Crippen molar-refractivity contribution in [3.05, 3.63) is 0 Å². The van der Waals surface area contributed by atoms with E-state index in [4.69, 9.17) is 5.73 Å². The number of hydrogen-bond donors (Lipinski definition) is 2. The topological polar surface area (TPSA) is 58.4 Å². The summed E-state index contributed by atoms with van der Waals surface area (Å²) >= 11 is 0. The van der Waals surface area contributed by atoms with Crippen molar-refractivity contribution in [2.45, 2.75) is 50.7 Å². The van der Waals surface area contributed by atoms with E-state index in [-0.39, 0.29) is 36.8 Å². The van der Waals surface area contributed by atoms with E-state index in [1.54, 1.807) is 0 Å². The predicted octanol–water partition coefficient (Wildman–Crippen LogP) is 0.920. The molecule has 2 rings (SSSR count). The van der Waals surface area contributed by atoms with Gasteiger partial charge < -0.3 is 11.1 Å². The minimum atomic E-state index is -0.333. The first-order valence-corrected chi connectivity index (χ1v) is 6.00. The highest BCUT2D eigenvalue weighted by atomic mass is 35.5. The summed E-state index contributed by atoms with van der Waals surface area (Å²) in [5, 5.41) is 3.04. The maximum atomic E-state index is 11.6. The lowest BCUT2D eigenvalue weighted by molar-refractivity contribution is -0.123. The van der Waals surface area contributed by atoms with Crippen LogP contribution in [0.15, 0.2) is 0 Å². The van der Waals surface area contributed by atoms with Gasteiger partial charge in [0, 0.05) is 25.2 Å². The summed E-state index contributed by atoms with van der Waals surface area (Å²) in [5.74, 6) is 0.0140. The van der Waals surface area contributed by atoms with Crippen molar-refractivity contribution in [3.8, 4) is 0 Å². The van der Waals surface area contributed by atoms with Crippen LogP contribution in [0.2, 0.25) is 0 Å². The Kier molecular flexibility index (Phi) is 7.40. The van der Waals surface area contributed by atoms with Crippen LogP contribution < -0.4 is 11.1 Å². The Morgan fingerprint density at radius 3 is 2.59 bits per heavy atom. The minimum Gasteiger partial charge on any atom is -0.351 e. The smallest absolute Gasteiger partial charge is 0.237 e. The number of nitrogens with one attached hydrogen (secondary N) is 1. The van der Waals surface area contributed by atoms with Gasteiger partial charge in [-0.25, -0.2) is 0 Å². The summed E-state index contributed by atoms with van der Waals surface area (Å²) in [7, 11) is 0. The number of nitrogens with two attached hydrogens (primary N) is 1. The molecule has 2 atom stereocenters. The fourth-order valence-electron chi connectivity index (χ4n) is 2.17. The van der Waals surface area contributed by atoms with Crippen LogP contribution in [-0.2, 0) is 4.79 Å². The molecule has 0 aromatic carbocycles. The Labute approximate surface area is 115 Å². The number of nitrogens with zero attached hydrogens (tertiary/aromatic N) is 1.